The Balaban J connectivity index is 1.43. The van der Waals surface area contributed by atoms with Crippen LogP contribution in [0, 0.1) is 6.92 Å². The zero-order valence-corrected chi connectivity index (χ0v) is 16.6. The molecule has 3 nitrogen and oxygen atoms in total. The number of thioether (sulfide) groups is 1. The number of hydrogen-bond acceptors (Lipinski definition) is 3. The lowest BCUT2D eigenvalue weighted by Gasteiger charge is -2.16. The summed E-state index contributed by atoms with van der Waals surface area (Å²) in [7, 11) is 0. The minimum absolute atomic E-state index is 0.0844. The van der Waals surface area contributed by atoms with Crippen LogP contribution in [-0.4, -0.2) is 24.3 Å². The molecule has 3 aromatic rings. The van der Waals surface area contributed by atoms with Gasteiger partial charge < -0.3 is 10.1 Å². The lowest BCUT2D eigenvalue weighted by molar-refractivity contribution is -0.127. The molecule has 3 rings (SSSR count). The van der Waals surface area contributed by atoms with E-state index in [0.717, 1.165) is 28.0 Å². The molecule has 0 unspecified atom stereocenters. The van der Waals surface area contributed by atoms with Gasteiger partial charge in [-0.2, -0.15) is 11.8 Å². The molecule has 1 N–H and O–H groups in total. The SMILES string of the molecule is Cc1ccc(CSCCNC(=O)[C@H](C)Oc2cccc3ccccc23)cc1. The van der Waals surface area contributed by atoms with Gasteiger partial charge >= 0.3 is 0 Å². The standard InChI is InChI=1S/C23H25NO2S/c1-17-10-12-19(13-11-17)16-27-15-14-24-23(25)18(2)26-22-9-5-7-20-6-3-4-8-21(20)22/h3-13,18H,14-16H2,1-2H3,(H,24,25)/t18-/m0/s1. The number of nitrogens with one attached hydrogen (secondary N) is 1. The highest BCUT2D eigenvalue weighted by Crippen LogP contribution is 2.26. The summed E-state index contributed by atoms with van der Waals surface area (Å²) in [4.78, 5) is 12.3. The van der Waals surface area contributed by atoms with Crippen molar-refractivity contribution in [3.8, 4) is 5.75 Å². The zero-order valence-electron chi connectivity index (χ0n) is 15.8. The van der Waals surface area contributed by atoms with Gasteiger partial charge in [-0.25, -0.2) is 0 Å². The summed E-state index contributed by atoms with van der Waals surface area (Å²) in [6.45, 7) is 4.52. The Morgan fingerprint density at radius 3 is 2.59 bits per heavy atom. The van der Waals surface area contributed by atoms with Crippen molar-refractivity contribution in [2.75, 3.05) is 12.3 Å². The van der Waals surface area contributed by atoms with Crippen LogP contribution in [0.4, 0.5) is 0 Å². The van der Waals surface area contributed by atoms with Crippen LogP contribution in [0.1, 0.15) is 18.1 Å². The van der Waals surface area contributed by atoms with Gasteiger partial charge in [-0.05, 0) is 30.9 Å². The number of rotatable bonds is 8. The largest absolute Gasteiger partial charge is 0.480 e. The Morgan fingerprint density at radius 1 is 1.04 bits per heavy atom. The molecule has 0 saturated heterocycles. The third-order valence-electron chi connectivity index (χ3n) is 4.36. The Hall–Kier alpha value is -2.46. The highest BCUT2D eigenvalue weighted by atomic mass is 32.2. The second-order valence-electron chi connectivity index (χ2n) is 6.57. The number of aryl methyl sites for hydroxylation is 1. The first-order valence-electron chi connectivity index (χ1n) is 9.19. The number of amides is 1. The number of benzene rings is 3. The van der Waals surface area contributed by atoms with Crippen LogP contribution in [0.2, 0.25) is 0 Å². The van der Waals surface area contributed by atoms with Crippen molar-refractivity contribution in [2.24, 2.45) is 0 Å². The summed E-state index contributed by atoms with van der Waals surface area (Å²) in [6.07, 6.45) is -0.530. The Morgan fingerprint density at radius 2 is 1.78 bits per heavy atom. The third-order valence-corrected chi connectivity index (χ3v) is 5.39. The molecular formula is C23H25NO2S. The van der Waals surface area contributed by atoms with Crippen LogP contribution >= 0.6 is 11.8 Å². The van der Waals surface area contributed by atoms with E-state index in [4.69, 9.17) is 4.74 Å². The van der Waals surface area contributed by atoms with E-state index in [1.165, 1.54) is 11.1 Å². The van der Waals surface area contributed by atoms with E-state index in [1.807, 2.05) is 54.2 Å². The number of hydrogen-bond donors (Lipinski definition) is 1. The molecule has 0 saturated carbocycles. The summed E-state index contributed by atoms with van der Waals surface area (Å²) in [5.74, 6) is 2.49. The molecule has 0 heterocycles. The quantitative estimate of drug-likeness (QED) is 0.562. The fourth-order valence-electron chi connectivity index (χ4n) is 2.81. The van der Waals surface area contributed by atoms with Crippen molar-refractivity contribution in [2.45, 2.75) is 25.7 Å². The molecule has 0 bridgehead atoms. The van der Waals surface area contributed by atoms with Gasteiger partial charge in [0, 0.05) is 23.4 Å². The lowest BCUT2D eigenvalue weighted by atomic mass is 10.1. The van der Waals surface area contributed by atoms with Crippen molar-refractivity contribution >= 4 is 28.4 Å². The number of ether oxygens (including phenoxy) is 1. The van der Waals surface area contributed by atoms with Crippen LogP contribution in [-0.2, 0) is 10.5 Å². The van der Waals surface area contributed by atoms with Gasteiger partial charge in [-0.1, -0.05) is 66.2 Å². The first kappa shape index (κ1) is 19.3. The van der Waals surface area contributed by atoms with Crippen LogP contribution in [0.5, 0.6) is 5.75 Å². The topological polar surface area (TPSA) is 38.3 Å². The molecule has 0 aliphatic carbocycles. The monoisotopic (exact) mass is 379 g/mol. The molecule has 140 valence electrons. The first-order valence-corrected chi connectivity index (χ1v) is 10.3. The van der Waals surface area contributed by atoms with E-state index >= 15 is 0 Å². The summed E-state index contributed by atoms with van der Waals surface area (Å²) in [5.41, 5.74) is 2.58. The van der Waals surface area contributed by atoms with E-state index in [2.05, 4.69) is 36.5 Å². The molecule has 1 amide bonds. The molecule has 3 aromatic carbocycles. The van der Waals surface area contributed by atoms with Crippen LogP contribution in [0.15, 0.2) is 66.7 Å². The molecule has 4 heteroatoms. The maximum Gasteiger partial charge on any atom is 0.260 e. The minimum atomic E-state index is -0.530. The van der Waals surface area contributed by atoms with E-state index in [0.29, 0.717) is 6.54 Å². The van der Waals surface area contributed by atoms with Crippen LogP contribution < -0.4 is 10.1 Å². The summed E-state index contributed by atoms with van der Waals surface area (Å²) >= 11 is 1.82. The Bertz CT molecular complexity index is 887. The first-order chi connectivity index (χ1) is 13.1. The highest BCUT2D eigenvalue weighted by molar-refractivity contribution is 7.98. The van der Waals surface area contributed by atoms with Crippen LogP contribution in [0.3, 0.4) is 0 Å². The third kappa shape index (κ3) is 5.51. The van der Waals surface area contributed by atoms with Gasteiger partial charge in [-0.15, -0.1) is 0 Å². The van der Waals surface area contributed by atoms with Gasteiger partial charge in [0.25, 0.3) is 5.91 Å². The average Bonchev–Trinajstić information content (AvgIpc) is 2.69. The van der Waals surface area contributed by atoms with E-state index in [9.17, 15) is 4.79 Å². The molecule has 0 fully saturated rings. The van der Waals surface area contributed by atoms with Crippen molar-refractivity contribution in [1.29, 1.82) is 0 Å². The number of carbonyl (C=O) groups excluding carboxylic acids is 1. The lowest BCUT2D eigenvalue weighted by Crippen LogP contribution is -2.37. The van der Waals surface area contributed by atoms with Crippen molar-refractivity contribution in [1.82, 2.24) is 5.32 Å². The van der Waals surface area contributed by atoms with Gasteiger partial charge in [-0.3, -0.25) is 4.79 Å². The van der Waals surface area contributed by atoms with Crippen molar-refractivity contribution in [3.05, 3.63) is 77.9 Å². The van der Waals surface area contributed by atoms with E-state index in [1.54, 1.807) is 6.92 Å². The average molecular weight is 380 g/mol. The second-order valence-corrected chi connectivity index (χ2v) is 7.67. The van der Waals surface area contributed by atoms with Crippen molar-refractivity contribution < 1.29 is 9.53 Å². The predicted octanol–water partition coefficient (Wildman–Crippen LogP) is 4.97. The van der Waals surface area contributed by atoms with E-state index in [-0.39, 0.29) is 5.91 Å². The minimum Gasteiger partial charge on any atom is -0.480 e. The van der Waals surface area contributed by atoms with Crippen molar-refractivity contribution in [3.63, 3.8) is 0 Å². The van der Waals surface area contributed by atoms with Gasteiger partial charge in [0.1, 0.15) is 5.75 Å². The normalized spacial score (nSPS) is 11.9. The summed E-state index contributed by atoms with van der Waals surface area (Å²) < 4.78 is 5.91. The molecule has 1 atom stereocenters. The zero-order chi connectivity index (χ0) is 19.1. The smallest absolute Gasteiger partial charge is 0.260 e. The fourth-order valence-corrected chi connectivity index (χ4v) is 3.63. The maximum atomic E-state index is 12.3. The Labute approximate surface area is 165 Å². The molecule has 0 aliphatic rings. The maximum absolute atomic E-state index is 12.3. The van der Waals surface area contributed by atoms with Gasteiger partial charge in [0.2, 0.25) is 0 Å². The molecule has 0 aliphatic heterocycles. The van der Waals surface area contributed by atoms with Gasteiger partial charge in [0.15, 0.2) is 6.10 Å². The fraction of sp³-hybridized carbons (Fsp3) is 0.261. The summed E-state index contributed by atoms with van der Waals surface area (Å²) in [6, 6.07) is 22.5. The molecular weight excluding hydrogens is 354 g/mol. The highest BCUT2D eigenvalue weighted by Gasteiger charge is 2.15. The molecule has 0 radical (unpaired) electrons. The van der Waals surface area contributed by atoms with E-state index < -0.39 is 6.10 Å². The molecule has 27 heavy (non-hydrogen) atoms. The number of carbonyl (C=O) groups is 1. The number of fused-ring (bicyclic) bond motifs is 1. The Kier molecular flexibility index (Phi) is 6.77. The summed E-state index contributed by atoms with van der Waals surface area (Å²) in [5, 5.41) is 5.09. The molecule has 0 spiro atoms. The molecule has 0 aromatic heterocycles. The van der Waals surface area contributed by atoms with Crippen LogP contribution in [0.25, 0.3) is 10.8 Å². The van der Waals surface area contributed by atoms with Gasteiger partial charge in [0.05, 0.1) is 0 Å². The predicted molar refractivity (Wildman–Crippen MR) is 114 cm³/mol. The second kappa shape index (κ2) is 9.47.